The number of amides is 1. The van der Waals surface area contributed by atoms with Crippen LogP contribution in [0.25, 0.3) is 10.4 Å². The number of aryl methyl sites for hydroxylation is 2. The maximum Gasteiger partial charge on any atom is 0.338 e. The normalized spacial score (nSPS) is 10.5. The van der Waals surface area contributed by atoms with Crippen LogP contribution in [0.2, 0.25) is 0 Å². The van der Waals surface area contributed by atoms with Crippen LogP contribution in [0.3, 0.4) is 0 Å². The van der Waals surface area contributed by atoms with Crippen LogP contribution < -0.4 is 5.32 Å². The predicted octanol–water partition coefficient (Wildman–Crippen LogP) is 5.25. The molecular formula is C22H22N2O3S. The van der Waals surface area contributed by atoms with Crippen molar-refractivity contribution in [1.29, 1.82) is 0 Å². The van der Waals surface area contributed by atoms with Crippen LogP contribution in [-0.2, 0) is 4.74 Å². The number of hydrogen-bond donors (Lipinski definition) is 1. The Morgan fingerprint density at radius 2 is 1.93 bits per heavy atom. The average Bonchev–Trinajstić information content (AvgIpc) is 3.18. The van der Waals surface area contributed by atoms with Gasteiger partial charge in [-0.25, -0.2) is 4.79 Å². The molecule has 3 aromatic rings. The maximum absolute atomic E-state index is 12.6. The second kappa shape index (κ2) is 8.80. The number of pyridine rings is 1. The molecule has 0 bridgehead atoms. The number of thiophene rings is 1. The third-order valence-corrected chi connectivity index (χ3v) is 5.39. The van der Waals surface area contributed by atoms with E-state index in [0.29, 0.717) is 17.0 Å². The van der Waals surface area contributed by atoms with Crippen molar-refractivity contribution in [1.82, 2.24) is 4.98 Å². The Morgan fingerprint density at radius 3 is 2.68 bits per heavy atom. The number of rotatable bonds is 6. The van der Waals surface area contributed by atoms with Crippen LogP contribution in [0.4, 0.5) is 5.69 Å². The highest BCUT2D eigenvalue weighted by atomic mass is 32.1. The molecule has 6 heteroatoms. The molecule has 2 heterocycles. The summed E-state index contributed by atoms with van der Waals surface area (Å²) in [5.41, 5.74) is 4.12. The van der Waals surface area contributed by atoms with Crippen molar-refractivity contribution in [3.05, 3.63) is 70.4 Å². The molecule has 0 fully saturated rings. The highest BCUT2D eigenvalue weighted by Gasteiger charge is 2.15. The summed E-state index contributed by atoms with van der Waals surface area (Å²) in [5.74, 6) is -0.493. The number of carbonyl (C=O) groups excluding carboxylic acids is 2. The third-order valence-electron chi connectivity index (χ3n) is 4.27. The van der Waals surface area contributed by atoms with E-state index >= 15 is 0 Å². The second-order valence-electron chi connectivity index (χ2n) is 6.47. The number of benzene rings is 1. The van der Waals surface area contributed by atoms with Gasteiger partial charge in [0.15, 0.2) is 0 Å². The molecule has 0 atom stereocenters. The molecule has 5 nitrogen and oxygen atoms in total. The number of carbonyl (C=O) groups is 2. The summed E-state index contributed by atoms with van der Waals surface area (Å²) in [6.07, 6.45) is 4.14. The lowest BCUT2D eigenvalue weighted by Crippen LogP contribution is -2.11. The minimum absolute atomic E-state index is 0.165. The van der Waals surface area contributed by atoms with E-state index in [2.05, 4.69) is 10.3 Å². The number of nitrogens with one attached hydrogen (secondary N) is 1. The average molecular weight is 394 g/mol. The molecule has 2 aromatic heterocycles. The number of hydrogen-bond acceptors (Lipinski definition) is 5. The molecule has 0 radical (unpaired) electrons. The quantitative estimate of drug-likeness (QED) is 0.580. The summed E-state index contributed by atoms with van der Waals surface area (Å²) in [7, 11) is 0. The Balaban J connectivity index is 1.82. The van der Waals surface area contributed by atoms with Crippen LogP contribution in [0, 0.1) is 13.8 Å². The van der Waals surface area contributed by atoms with Gasteiger partial charge in [-0.2, -0.15) is 0 Å². The largest absolute Gasteiger partial charge is 0.462 e. The number of anilines is 1. The van der Waals surface area contributed by atoms with Gasteiger partial charge in [0.2, 0.25) is 0 Å². The van der Waals surface area contributed by atoms with Crippen LogP contribution in [0.1, 0.15) is 44.5 Å². The summed E-state index contributed by atoms with van der Waals surface area (Å²) >= 11 is 1.39. The van der Waals surface area contributed by atoms with Gasteiger partial charge < -0.3 is 10.1 Å². The first-order valence-electron chi connectivity index (χ1n) is 9.09. The molecule has 1 amide bonds. The molecule has 3 rings (SSSR count). The fraction of sp³-hybridized carbons (Fsp3) is 0.227. The molecule has 0 saturated carbocycles. The van der Waals surface area contributed by atoms with E-state index in [1.165, 1.54) is 11.3 Å². The second-order valence-corrected chi connectivity index (χ2v) is 7.56. The van der Waals surface area contributed by atoms with E-state index in [-0.39, 0.29) is 11.9 Å². The number of aromatic nitrogens is 1. The van der Waals surface area contributed by atoms with Crippen molar-refractivity contribution in [2.75, 3.05) is 11.9 Å². The van der Waals surface area contributed by atoms with Gasteiger partial charge in [-0.15, -0.1) is 11.3 Å². The molecule has 0 spiro atoms. The zero-order chi connectivity index (χ0) is 20.1. The third kappa shape index (κ3) is 4.46. The van der Waals surface area contributed by atoms with E-state index in [1.807, 2.05) is 39.0 Å². The molecular weight excluding hydrogens is 372 g/mol. The maximum atomic E-state index is 12.6. The Hall–Kier alpha value is -2.99. The first-order valence-corrected chi connectivity index (χ1v) is 9.91. The Bertz CT molecular complexity index is 1010. The first kappa shape index (κ1) is 19.8. The summed E-state index contributed by atoms with van der Waals surface area (Å²) in [4.78, 5) is 30.3. The summed E-state index contributed by atoms with van der Waals surface area (Å²) in [6, 6.07) is 11.0. The van der Waals surface area contributed by atoms with Gasteiger partial charge >= 0.3 is 5.97 Å². The molecule has 1 aromatic carbocycles. The van der Waals surface area contributed by atoms with Gasteiger partial charge in [0.25, 0.3) is 5.91 Å². The van der Waals surface area contributed by atoms with Crippen molar-refractivity contribution < 1.29 is 14.3 Å². The smallest absolute Gasteiger partial charge is 0.338 e. The predicted molar refractivity (Wildman–Crippen MR) is 112 cm³/mol. The fourth-order valence-corrected chi connectivity index (χ4v) is 3.68. The Labute approximate surface area is 168 Å². The standard InChI is InChI=1S/C22H22N2O3S/c1-4-11-27-22(26)16-6-5-14(2)17(12-16)19-7-8-20(28-19)21(25)24-18-9-10-23-13-15(18)3/h5-10,12-13H,4,11H2,1-3H3,(H,23,24,25). The first-order chi connectivity index (χ1) is 13.5. The van der Waals surface area contributed by atoms with Crippen LogP contribution >= 0.6 is 11.3 Å². The number of esters is 1. The minimum atomic E-state index is -0.328. The number of nitrogens with zero attached hydrogens (tertiary/aromatic N) is 1. The van der Waals surface area contributed by atoms with Crippen molar-refractivity contribution in [3.63, 3.8) is 0 Å². The molecule has 0 aliphatic carbocycles. The lowest BCUT2D eigenvalue weighted by Gasteiger charge is -2.08. The SMILES string of the molecule is CCCOC(=O)c1ccc(C)c(-c2ccc(C(=O)Nc3ccncc3C)s2)c1. The molecule has 28 heavy (non-hydrogen) atoms. The molecule has 144 valence electrons. The molecule has 0 unspecified atom stereocenters. The van der Waals surface area contributed by atoms with E-state index < -0.39 is 0 Å². The summed E-state index contributed by atoms with van der Waals surface area (Å²) in [6.45, 7) is 6.24. The van der Waals surface area contributed by atoms with Crippen molar-refractivity contribution in [2.45, 2.75) is 27.2 Å². The molecule has 0 aliphatic rings. The summed E-state index contributed by atoms with van der Waals surface area (Å²) in [5, 5.41) is 2.92. The monoisotopic (exact) mass is 394 g/mol. The fourth-order valence-electron chi connectivity index (χ4n) is 2.69. The lowest BCUT2D eigenvalue weighted by molar-refractivity contribution is 0.0505. The number of ether oxygens (including phenoxy) is 1. The zero-order valence-corrected chi connectivity index (χ0v) is 16.9. The van der Waals surface area contributed by atoms with E-state index in [1.54, 1.807) is 30.6 Å². The topological polar surface area (TPSA) is 68.3 Å². The Kier molecular flexibility index (Phi) is 6.21. The van der Waals surface area contributed by atoms with Gasteiger partial charge in [0.1, 0.15) is 0 Å². The molecule has 0 aliphatic heterocycles. The minimum Gasteiger partial charge on any atom is -0.462 e. The van der Waals surface area contributed by atoms with Crippen molar-refractivity contribution >= 4 is 28.9 Å². The van der Waals surface area contributed by atoms with Crippen LogP contribution in [-0.4, -0.2) is 23.5 Å². The molecule has 0 saturated heterocycles. The van der Waals surface area contributed by atoms with Gasteiger partial charge in [-0.3, -0.25) is 9.78 Å². The van der Waals surface area contributed by atoms with Crippen LogP contribution in [0.5, 0.6) is 0 Å². The van der Waals surface area contributed by atoms with E-state index in [9.17, 15) is 9.59 Å². The van der Waals surface area contributed by atoms with Gasteiger partial charge in [0, 0.05) is 23.0 Å². The highest BCUT2D eigenvalue weighted by molar-refractivity contribution is 7.17. The Morgan fingerprint density at radius 1 is 1.11 bits per heavy atom. The lowest BCUT2D eigenvalue weighted by atomic mass is 10.0. The van der Waals surface area contributed by atoms with Gasteiger partial charge in [-0.05, 0) is 67.3 Å². The summed E-state index contributed by atoms with van der Waals surface area (Å²) < 4.78 is 5.22. The molecule has 1 N–H and O–H groups in total. The van der Waals surface area contributed by atoms with Crippen molar-refractivity contribution in [2.24, 2.45) is 0 Å². The van der Waals surface area contributed by atoms with Crippen molar-refractivity contribution in [3.8, 4) is 10.4 Å². The van der Waals surface area contributed by atoms with E-state index in [0.717, 1.165) is 33.7 Å². The van der Waals surface area contributed by atoms with Gasteiger partial charge in [-0.1, -0.05) is 13.0 Å². The highest BCUT2D eigenvalue weighted by Crippen LogP contribution is 2.32. The van der Waals surface area contributed by atoms with E-state index in [4.69, 9.17) is 4.74 Å². The van der Waals surface area contributed by atoms with Crippen LogP contribution in [0.15, 0.2) is 48.8 Å². The van der Waals surface area contributed by atoms with Gasteiger partial charge in [0.05, 0.1) is 17.0 Å². The zero-order valence-electron chi connectivity index (χ0n) is 16.1.